The molecular formula is C16H16BrNO4. The first-order valence-electron chi connectivity index (χ1n) is 7.02. The number of rotatable bonds is 2. The molecule has 1 heterocycles. The Morgan fingerprint density at radius 3 is 2.55 bits per heavy atom. The number of carbonyl (C=O) groups is 2. The molecule has 0 bridgehead atoms. The molecule has 0 saturated carbocycles. The van der Waals surface area contributed by atoms with Gasteiger partial charge in [0, 0.05) is 15.6 Å². The Morgan fingerprint density at radius 1 is 1.23 bits per heavy atom. The normalized spacial score (nSPS) is 16.1. The lowest BCUT2D eigenvalue weighted by molar-refractivity contribution is -0.163. The fourth-order valence-electron chi connectivity index (χ4n) is 3.36. The summed E-state index contributed by atoms with van der Waals surface area (Å²) in [5.41, 5.74) is 1.06. The topological polar surface area (TPSA) is 68.4 Å². The number of hydrogen-bond acceptors (Lipinski definition) is 4. The van der Waals surface area contributed by atoms with Crippen LogP contribution in [-0.4, -0.2) is 31.1 Å². The summed E-state index contributed by atoms with van der Waals surface area (Å²) in [6.07, 6.45) is 1.90. The van der Waals surface area contributed by atoms with Gasteiger partial charge in [0.1, 0.15) is 0 Å². The van der Waals surface area contributed by atoms with Gasteiger partial charge in [-0.05, 0) is 46.8 Å². The van der Waals surface area contributed by atoms with E-state index in [9.17, 15) is 9.59 Å². The highest BCUT2D eigenvalue weighted by molar-refractivity contribution is 9.10. The second kappa shape index (κ2) is 5.43. The molecule has 1 aliphatic rings. The molecule has 3 rings (SSSR count). The molecule has 5 nitrogen and oxygen atoms in total. The third-order valence-corrected chi connectivity index (χ3v) is 5.02. The van der Waals surface area contributed by atoms with Gasteiger partial charge < -0.3 is 14.5 Å². The van der Waals surface area contributed by atoms with E-state index in [0.29, 0.717) is 12.1 Å². The van der Waals surface area contributed by atoms with Crippen LogP contribution in [0.2, 0.25) is 0 Å². The zero-order valence-electron chi connectivity index (χ0n) is 12.4. The Hall–Kier alpha value is -1.82. The van der Waals surface area contributed by atoms with Crippen LogP contribution < -0.4 is 0 Å². The van der Waals surface area contributed by atoms with Crippen LogP contribution in [0.25, 0.3) is 10.9 Å². The maximum Gasteiger partial charge on any atom is 0.329 e. The monoisotopic (exact) mass is 365 g/mol. The van der Waals surface area contributed by atoms with Crippen LogP contribution in [0.4, 0.5) is 0 Å². The van der Waals surface area contributed by atoms with Gasteiger partial charge in [0.05, 0.1) is 19.7 Å². The number of H-pyrrole nitrogens is 1. The number of para-hydroxylation sites is 1. The van der Waals surface area contributed by atoms with Crippen LogP contribution >= 0.6 is 15.9 Å². The highest BCUT2D eigenvalue weighted by Crippen LogP contribution is 2.43. The molecule has 2 aromatic rings. The minimum Gasteiger partial charge on any atom is -0.468 e. The maximum absolute atomic E-state index is 12.5. The lowest BCUT2D eigenvalue weighted by atomic mass is 9.73. The molecule has 1 N–H and O–H groups in total. The molecule has 0 spiro atoms. The van der Waals surface area contributed by atoms with Crippen LogP contribution in [0.15, 0.2) is 22.7 Å². The number of methoxy groups -OCH3 is 2. The van der Waals surface area contributed by atoms with Gasteiger partial charge in [-0.25, -0.2) is 0 Å². The number of fused-ring (bicyclic) bond motifs is 3. The molecule has 0 atom stereocenters. The minimum absolute atomic E-state index is 0.379. The van der Waals surface area contributed by atoms with Crippen molar-refractivity contribution in [3.8, 4) is 0 Å². The predicted molar refractivity (Wildman–Crippen MR) is 84.6 cm³/mol. The summed E-state index contributed by atoms with van der Waals surface area (Å²) in [5, 5.41) is 1.02. The average Bonchev–Trinajstić information content (AvgIpc) is 2.93. The zero-order chi connectivity index (χ0) is 15.9. The number of carbonyl (C=O) groups excluding carboxylic acids is 2. The number of aromatic nitrogens is 1. The summed E-state index contributed by atoms with van der Waals surface area (Å²) in [7, 11) is 2.58. The third-order valence-electron chi connectivity index (χ3n) is 4.36. The predicted octanol–water partition coefficient (Wildman–Crippen LogP) is 2.85. The zero-order valence-corrected chi connectivity index (χ0v) is 14.0. The quantitative estimate of drug-likeness (QED) is 0.656. The van der Waals surface area contributed by atoms with Gasteiger partial charge in [-0.3, -0.25) is 9.59 Å². The van der Waals surface area contributed by atoms with Gasteiger partial charge in [-0.15, -0.1) is 0 Å². The highest BCUT2D eigenvalue weighted by atomic mass is 79.9. The lowest BCUT2D eigenvalue weighted by Gasteiger charge is -2.31. The molecule has 1 aliphatic carbocycles. The number of aryl methyl sites for hydroxylation is 1. The molecule has 0 unspecified atom stereocenters. The van der Waals surface area contributed by atoms with E-state index in [4.69, 9.17) is 9.47 Å². The van der Waals surface area contributed by atoms with Crippen LogP contribution in [0, 0.1) is 0 Å². The first-order valence-corrected chi connectivity index (χ1v) is 7.82. The van der Waals surface area contributed by atoms with E-state index in [1.165, 1.54) is 14.2 Å². The number of ether oxygens (including phenoxy) is 2. The molecule has 0 fully saturated rings. The Kier molecular flexibility index (Phi) is 3.72. The number of esters is 2. The molecule has 116 valence electrons. The van der Waals surface area contributed by atoms with E-state index in [1.807, 2.05) is 18.2 Å². The van der Waals surface area contributed by atoms with Crippen LogP contribution in [0.3, 0.4) is 0 Å². The number of aromatic amines is 1. The molecule has 6 heteroatoms. The Morgan fingerprint density at radius 2 is 1.91 bits per heavy atom. The molecule has 0 radical (unpaired) electrons. The van der Waals surface area contributed by atoms with Crippen molar-refractivity contribution in [3.05, 3.63) is 33.9 Å². The summed E-state index contributed by atoms with van der Waals surface area (Å²) in [6, 6.07) is 5.84. The van der Waals surface area contributed by atoms with Crippen molar-refractivity contribution in [2.75, 3.05) is 14.2 Å². The van der Waals surface area contributed by atoms with Gasteiger partial charge >= 0.3 is 11.9 Å². The van der Waals surface area contributed by atoms with Crippen molar-refractivity contribution in [2.24, 2.45) is 0 Å². The molecule has 1 aromatic heterocycles. The van der Waals surface area contributed by atoms with E-state index in [0.717, 1.165) is 33.8 Å². The Labute approximate surface area is 136 Å². The second-order valence-corrected chi connectivity index (χ2v) is 6.24. The largest absolute Gasteiger partial charge is 0.468 e. The molecule has 0 amide bonds. The summed E-state index contributed by atoms with van der Waals surface area (Å²) < 4.78 is 10.7. The first-order chi connectivity index (χ1) is 10.6. The number of hydrogen-bond donors (Lipinski definition) is 1. The van der Waals surface area contributed by atoms with Gasteiger partial charge in [0.25, 0.3) is 0 Å². The van der Waals surface area contributed by atoms with Gasteiger partial charge in [0.15, 0.2) is 0 Å². The van der Waals surface area contributed by atoms with Crippen LogP contribution in [0.1, 0.15) is 24.1 Å². The van der Waals surface area contributed by atoms with Gasteiger partial charge in [0.2, 0.25) is 5.41 Å². The number of nitrogens with one attached hydrogen (secondary N) is 1. The molecule has 22 heavy (non-hydrogen) atoms. The van der Waals surface area contributed by atoms with Gasteiger partial charge in [-0.2, -0.15) is 0 Å². The highest BCUT2D eigenvalue weighted by Gasteiger charge is 2.54. The molecule has 1 aromatic carbocycles. The standard InChI is InChI=1S/C16H16BrNO4/c1-21-14(19)16(15(20)22-2)8-4-6-10-9-5-3-7-11(17)12(9)18-13(10)16/h3,5,7,18H,4,6,8H2,1-2H3. The lowest BCUT2D eigenvalue weighted by Crippen LogP contribution is -2.48. The van der Waals surface area contributed by atoms with E-state index in [-0.39, 0.29) is 0 Å². The van der Waals surface area contributed by atoms with E-state index >= 15 is 0 Å². The summed E-state index contributed by atoms with van der Waals surface area (Å²) >= 11 is 3.51. The Bertz CT molecular complexity index is 749. The van der Waals surface area contributed by atoms with Crippen molar-refractivity contribution in [1.82, 2.24) is 4.98 Å². The van der Waals surface area contributed by atoms with Crippen molar-refractivity contribution < 1.29 is 19.1 Å². The number of halogens is 1. The smallest absolute Gasteiger partial charge is 0.329 e. The summed E-state index contributed by atoms with van der Waals surface area (Å²) in [5.74, 6) is -1.16. The second-order valence-electron chi connectivity index (χ2n) is 5.38. The first kappa shape index (κ1) is 15.1. The SMILES string of the molecule is COC(=O)C1(C(=O)OC)CCCc2c1[nH]c1c(Br)cccc21. The fraction of sp³-hybridized carbons (Fsp3) is 0.375. The fourth-order valence-corrected chi connectivity index (χ4v) is 3.82. The average molecular weight is 366 g/mol. The minimum atomic E-state index is -1.41. The van der Waals surface area contributed by atoms with Crippen molar-refractivity contribution >= 4 is 38.8 Å². The maximum atomic E-state index is 12.5. The molecule has 0 aliphatic heterocycles. The van der Waals surface area contributed by atoms with Crippen LogP contribution in [0.5, 0.6) is 0 Å². The Balaban J connectivity index is 2.34. The van der Waals surface area contributed by atoms with Crippen molar-refractivity contribution in [1.29, 1.82) is 0 Å². The van der Waals surface area contributed by atoms with E-state index in [2.05, 4.69) is 20.9 Å². The molecular weight excluding hydrogens is 350 g/mol. The van der Waals surface area contributed by atoms with Crippen molar-refractivity contribution in [3.63, 3.8) is 0 Å². The van der Waals surface area contributed by atoms with Crippen LogP contribution in [-0.2, 0) is 30.9 Å². The van der Waals surface area contributed by atoms with E-state index < -0.39 is 17.4 Å². The van der Waals surface area contributed by atoms with Gasteiger partial charge in [-0.1, -0.05) is 12.1 Å². The number of benzene rings is 1. The third kappa shape index (κ3) is 1.90. The molecule has 0 saturated heterocycles. The van der Waals surface area contributed by atoms with E-state index in [1.54, 1.807) is 0 Å². The summed E-state index contributed by atoms with van der Waals surface area (Å²) in [4.78, 5) is 28.2. The summed E-state index contributed by atoms with van der Waals surface area (Å²) in [6.45, 7) is 0. The van der Waals surface area contributed by atoms with Crippen molar-refractivity contribution in [2.45, 2.75) is 24.7 Å².